The van der Waals surface area contributed by atoms with Crippen LogP contribution in [0.25, 0.3) is 0 Å². The lowest BCUT2D eigenvalue weighted by atomic mass is 10.1. The van der Waals surface area contributed by atoms with Gasteiger partial charge in [-0.05, 0) is 55.3 Å². The number of rotatable bonds is 5. The van der Waals surface area contributed by atoms with Gasteiger partial charge in [0.25, 0.3) is 11.8 Å². The lowest BCUT2D eigenvalue weighted by Gasteiger charge is -2.25. The van der Waals surface area contributed by atoms with E-state index in [1.165, 1.54) is 11.3 Å². The van der Waals surface area contributed by atoms with Crippen LogP contribution in [0.5, 0.6) is 0 Å². The van der Waals surface area contributed by atoms with Crippen LogP contribution in [-0.2, 0) is 4.79 Å². The van der Waals surface area contributed by atoms with E-state index in [9.17, 15) is 14.4 Å². The monoisotopic (exact) mass is 411 g/mol. The minimum Gasteiger partial charge on any atom is -0.352 e. The summed E-state index contributed by atoms with van der Waals surface area (Å²) in [6.07, 6.45) is 5.88. The van der Waals surface area contributed by atoms with E-state index in [1.54, 1.807) is 40.6 Å². The number of amides is 3. The third-order valence-corrected chi connectivity index (χ3v) is 6.35. The van der Waals surface area contributed by atoms with Gasteiger partial charge in [0.05, 0.1) is 5.56 Å². The molecule has 1 atom stereocenters. The predicted molar refractivity (Wildman–Crippen MR) is 113 cm³/mol. The first-order chi connectivity index (χ1) is 14.1. The molecule has 3 amide bonds. The van der Waals surface area contributed by atoms with Gasteiger partial charge < -0.3 is 15.5 Å². The Kier molecular flexibility index (Phi) is 5.94. The van der Waals surface area contributed by atoms with E-state index >= 15 is 0 Å². The van der Waals surface area contributed by atoms with E-state index in [1.807, 2.05) is 5.38 Å². The molecular formula is C22H25N3O3S. The van der Waals surface area contributed by atoms with Crippen molar-refractivity contribution >= 4 is 34.7 Å². The Balaban J connectivity index is 1.44. The molecule has 1 unspecified atom stereocenters. The molecule has 0 spiro atoms. The van der Waals surface area contributed by atoms with Gasteiger partial charge in [-0.15, -0.1) is 0 Å². The maximum absolute atomic E-state index is 13.1. The highest BCUT2D eigenvalue weighted by Gasteiger charge is 2.35. The largest absolute Gasteiger partial charge is 0.352 e. The van der Waals surface area contributed by atoms with E-state index < -0.39 is 6.04 Å². The molecule has 7 heteroatoms. The van der Waals surface area contributed by atoms with E-state index in [-0.39, 0.29) is 23.8 Å². The molecule has 2 heterocycles. The highest BCUT2D eigenvalue weighted by molar-refractivity contribution is 7.08. The Bertz CT molecular complexity index is 890. The average molecular weight is 412 g/mol. The highest BCUT2D eigenvalue weighted by Crippen LogP contribution is 2.24. The number of carbonyl (C=O) groups excluding carboxylic acids is 3. The maximum atomic E-state index is 13.1. The van der Waals surface area contributed by atoms with Gasteiger partial charge in [0, 0.05) is 29.2 Å². The van der Waals surface area contributed by atoms with Gasteiger partial charge in [-0.2, -0.15) is 11.3 Å². The second-order valence-electron chi connectivity index (χ2n) is 7.69. The number of nitrogens with one attached hydrogen (secondary N) is 2. The van der Waals surface area contributed by atoms with Crippen LogP contribution in [-0.4, -0.2) is 41.2 Å². The van der Waals surface area contributed by atoms with Gasteiger partial charge in [-0.1, -0.05) is 18.9 Å². The number of hydrogen-bond donors (Lipinski definition) is 2. The van der Waals surface area contributed by atoms with Crippen LogP contribution in [0, 0.1) is 0 Å². The number of carbonyl (C=O) groups is 3. The highest BCUT2D eigenvalue weighted by atomic mass is 32.1. The molecule has 4 rings (SSSR count). The van der Waals surface area contributed by atoms with Crippen LogP contribution in [0.2, 0.25) is 0 Å². The summed E-state index contributed by atoms with van der Waals surface area (Å²) in [5, 5.41) is 9.58. The van der Waals surface area contributed by atoms with Crippen molar-refractivity contribution in [2.24, 2.45) is 0 Å². The summed E-state index contributed by atoms with van der Waals surface area (Å²) in [5.74, 6) is -0.406. The molecule has 1 aromatic carbocycles. The third kappa shape index (κ3) is 4.50. The van der Waals surface area contributed by atoms with Gasteiger partial charge in [-0.25, -0.2) is 0 Å². The Labute approximate surface area is 174 Å². The Morgan fingerprint density at radius 2 is 1.83 bits per heavy atom. The Morgan fingerprint density at radius 3 is 2.59 bits per heavy atom. The van der Waals surface area contributed by atoms with Crippen molar-refractivity contribution in [2.45, 2.75) is 50.6 Å². The molecule has 1 saturated heterocycles. The van der Waals surface area contributed by atoms with Crippen LogP contribution in [0.4, 0.5) is 5.69 Å². The van der Waals surface area contributed by atoms with Gasteiger partial charge in [-0.3, -0.25) is 14.4 Å². The standard InChI is InChI=1S/C22H25N3O3S/c26-20(16-10-12-29-14-16)24-18-8-3-5-15(13-18)22(28)25-11-4-9-19(25)21(27)23-17-6-1-2-7-17/h3,5,8,10,12-14,17,19H,1-2,4,6-7,9,11H2,(H,23,27)(H,24,26). The Hall–Kier alpha value is -2.67. The zero-order valence-corrected chi connectivity index (χ0v) is 17.0. The van der Waals surface area contributed by atoms with Crippen LogP contribution < -0.4 is 10.6 Å². The Morgan fingerprint density at radius 1 is 1.00 bits per heavy atom. The number of likely N-dealkylation sites (tertiary alicyclic amines) is 1. The van der Waals surface area contributed by atoms with Crippen molar-refractivity contribution in [1.29, 1.82) is 0 Å². The molecule has 1 aliphatic carbocycles. The molecule has 0 radical (unpaired) electrons. The first-order valence-electron chi connectivity index (χ1n) is 10.2. The van der Waals surface area contributed by atoms with Crippen molar-refractivity contribution < 1.29 is 14.4 Å². The van der Waals surface area contributed by atoms with Crippen molar-refractivity contribution in [3.63, 3.8) is 0 Å². The summed E-state index contributed by atoms with van der Waals surface area (Å²) in [6, 6.07) is 8.51. The number of hydrogen-bond acceptors (Lipinski definition) is 4. The molecule has 1 aromatic heterocycles. The van der Waals surface area contributed by atoms with Crippen molar-refractivity contribution in [3.8, 4) is 0 Å². The molecule has 152 valence electrons. The van der Waals surface area contributed by atoms with Crippen LogP contribution in [0.3, 0.4) is 0 Å². The van der Waals surface area contributed by atoms with Gasteiger partial charge >= 0.3 is 0 Å². The van der Waals surface area contributed by atoms with E-state index in [0.29, 0.717) is 29.8 Å². The fraction of sp³-hybridized carbons (Fsp3) is 0.409. The van der Waals surface area contributed by atoms with Crippen LogP contribution in [0.1, 0.15) is 59.2 Å². The first kappa shape index (κ1) is 19.6. The quantitative estimate of drug-likeness (QED) is 0.788. The maximum Gasteiger partial charge on any atom is 0.256 e. The normalized spacial score (nSPS) is 19.3. The number of nitrogens with zero attached hydrogens (tertiary/aromatic N) is 1. The summed E-state index contributed by atoms with van der Waals surface area (Å²) < 4.78 is 0. The molecule has 2 aromatic rings. The summed E-state index contributed by atoms with van der Waals surface area (Å²) in [6.45, 7) is 0.576. The minimum atomic E-state index is -0.410. The van der Waals surface area contributed by atoms with E-state index in [0.717, 1.165) is 32.1 Å². The smallest absolute Gasteiger partial charge is 0.256 e. The van der Waals surface area contributed by atoms with E-state index in [2.05, 4.69) is 10.6 Å². The SMILES string of the molecule is O=C(Nc1cccc(C(=O)N2CCCC2C(=O)NC2CCCC2)c1)c1ccsc1. The molecule has 1 aliphatic heterocycles. The second-order valence-corrected chi connectivity index (χ2v) is 8.47. The zero-order valence-electron chi connectivity index (χ0n) is 16.2. The lowest BCUT2D eigenvalue weighted by molar-refractivity contribution is -0.125. The molecule has 0 bridgehead atoms. The minimum absolute atomic E-state index is 0.0373. The molecule has 2 N–H and O–H groups in total. The fourth-order valence-corrected chi connectivity index (χ4v) is 4.78. The van der Waals surface area contributed by atoms with Crippen molar-refractivity contribution in [2.75, 3.05) is 11.9 Å². The molecule has 2 aliphatic rings. The fourth-order valence-electron chi connectivity index (χ4n) is 4.14. The van der Waals surface area contributed by atoms with Crippen LogP contribution >= 0.6 is 11.3 Å². The topological polar surface area (TPSA) is 78.5 Å². The summed E-state index contributed by atoms with van der Waals surface area (Å²) in [4.78, 5) is 39.8. The summed E-state index contributed by atoms with van der Waals surface area (Å²) in [5.41, 5.74) is 1.64. The van der Waals surface area contributed by atoms with Crippen molar-refractivity contribution in [3.05, 3.63) is 52.2 Å². The van der Waals surface area contributed by atoms with Crippen molar-refractivity contribution in [1.82, 2.24) is 10.2 Å². The third-order valence-electron chi connectivity index (χ3n) is 5.67. The van der Waals surface area contributed by atoms with Gasteiger partial charge in [0.15, 0.2) is 0 Å². The second kappa shape index (κ2) is 8.78. The molecular weight excluding hydrogens is 386 g/mol. The summed E-state index contributed by atoms with van der Waals surface area (Å²) >= 11 is 1.46. The summed E-state index contributed by atoms with van der Waals surface area (Å²) in [7, 11) is 0. The molecule has 1 saturated carbocycles. The zero-order chi connectivity index (χ0) is 20.2. The van der Waals surface area contributed by atoms with E-state index in [4.69, 9.17) is 0 Å². The lowest BCUT2D eigenvalue weighted by Crippen LogP contribution is -2.48. The number of benzene rings is 1. The molecule has 2 fully saturated rings. The van der Waals surface area contributed by atoms with Gasteiger partial charge in [0.1, 0.15) is 6.04 Å². The number of anilines is 1. The van der Waals surface area contributed by atoms with Crippen LogP contribution in [0.15, 0.2) is 41.1 Å². The first-order valence-corrected chi connectivity index (χ1v) is 11.1. The van der Waals surface area contributed by atoms with Gasteiger partial charge in [0.2, 0.25) is 5.91 Å². The number of thiophene rings is 1. The predicted octanol–water partition coefficient (Wildman–Crippen LogP) is 3.66. The molecule has 6 nitrogen and oxygen atoms in total. The average Bonchev–Trinajstić information content (AvgIpc) is 3.49. The molecule has 29 heavy (non-hydrogen) atoms.